The summed E-state index contributed by atoms with van der Waals surface area (Å²) in [4.78, 5) is 22.4. The highest BCUT2D eigenvalue weighted by Crippen LogP contribution is 2.29. The highest BCUT2D eigenvalue weighted by Gasteiger charge is 2.25. The predicted molar refractivity (Wildman–Crippen MR) is 69.9 cm³/mol. The summed E-state index contributed by atoms with van der Waals surface area (Å²) in [5.74, 6) is -1.97. The molecule has 7 nitrogen and oxygen atoms in total. The van der Waals surface area contributed by atoms with Crippen molar-refractivity contribution in [2.45, 2.75) is 18.9 Å². The summed E-state index contributed by atoms with van der Waals surface area (Å²) in [7, 11) is 1.36. The number of carboxylic acids is 1. The van der Waals surface area contributed by atoms with E-state index in [4.69, 9.17) is 9.84 Å². The zero-order valence-corrected chi connectivity index (χ0v) is 11.2. The minimum Gasteiger partial charge on any atom is -0.504 e. The molecule has 0 bridgehead atoms. The molecule has 0 saturated carbocycles. The molecule has 1 aromatic rings. The molecule has 1 rings (SSSR count). The fraction of sp³-hybridized carbons (Fsp3) is 0.385. The third kappa shape index (κ3) is 4.13. The molecule has 0 radical (unpaired) electrons. The lowest BCUT2D eigenvalue weighted by atomic mass is 10.0. The van der Waals surface area contributed by atoms with Crippen molar-refractivity contribution in [3.8, 4) is 11.5 Å². The van der Waals surface area contributed by atoms with E-state index in [1.165, 1.54) is 32.2 Å². The van der Waals surface area contributed by atoms with Gasteiger partial charge >= 0.3 is 5.97 Å². The quantitative estimate of drug-likeness (QED) is 0.599. The Hall–Kier alpha value is -2.28. The number of amides is 1. The van der Waals surface area contributed by atoms with Gasteiger partial charge in [-0.15, -0.1) is 0 Å². The van der Waals surface area contributed by atoms with Gasteiger partial charge in [-0.3, -0.25) is 9.59 Å². The summed E-state index contributed by atoms with van der Waals surface area (Å²) in [5.41, 5.74) is -1.59. The van der Waals surface area contributed by atoms with Crippen molar-refractivity contribution >= 4 is 11.9 Å². The molecule has 0 spiro atoms. The Labute approximate surface area is 115 Å². The number of hydrogen-bond donors (Lipinski definition) is 4. The Morgan fingerprint density at radius 1 is 1.40 bits per heavy atom. The molecule has 4 N–H and O–H groups in total. The van der Waals surface area contributed by atoms with Crippen LogP contribution in [0.5, 0.6) is 11.5 Å². The number of carboxylic acid groups (broad SMARTS) is 1. The summed E-state index contributed by atoms with van der Waals surface area (Å²) < 4.78 is 4.88. The molecular weight excluding hydrogens is 266 g/mol. The van der Waals surface area contributed by atoms with Crippen LogP contribution in [0.1, 0.15) is 23.7 Å². The smallest absolute Gasteiger partial charge is 0.306 e. The molecule has 0 aliphatic carbocycles. The van der Waals surface area contributed by atoms with E-state index in [1.54, 1.807) is 0 Å². The summed E-state index contributed by atoms with van der Waals surface area (Å²) in [6.45, 7) is 1.04. The number of carbonyl (C=O) groups is 2. The first-order chi connectivity index (χ1) is 9.26. The van der Waals surface area contributed by atoms with Gasteiger partial charge in [0.15, 0.2) is 11.5 Å². The second-order valence-electron chi connectivity index (χ2n) is 4.61. The molecular formula is C13H17NO6. The van der Waals surface area contributed by atoms with Crippen molar-refractivity contribution in [2.75, 3.05) is 13.7 Å². The van der Waals surface area contributed by atoms with Crippen LogP contribution in [0.2, 0.25) is 0 Å². The Kier molecular flexibility index (Phi) is 4.93. The van der Waals surface area contributed by atoms with E-state index in [-0.39, 0.29) is 23.6 Å². The van der Waals surface area contributed by atoms with Gasteiger partial charge in [0, 0.05) is 6.54 Å². The molecule has 1 atom stereocenters. The fourth-order valence-electron chi connectivity index (χ4n) is 1.62. The first-order valence-corrected chi connectivity index (χ1v) is 5.85. The standard InChI is InChI=1S/C13H17NO6/c1-13(19,6-10(15)16)7-14-12(18)8-4-3-5-9(20-2)11(8)17/h3-5,17,19H,6-7H2,1-2H3,(H,14,18)(H,15,16). The number of aliphatic carboxylic acids is 1. The summed E-state index contributed by atoms with van der Waals surface area (Å²) >= 11 is 0. The molecule has 110 valence electrons. The van der Waals surface area contributed by atoms with Gasteiger partial charge in [-0.1, -0.05) is 6.07 Å². The number of phenols is 1. The van der Waals surface area contributed by atoms with Gasteiger partial charge < -0.3 is 25.4 Å². The van der Waals surface area contributed by atoms with Crippen LogP contribution in [-0.2, 0) is 4.79 Å². The molecule has 0 aromatic heterocycles. The van der Waals surface area contributed by atoms with Crippen LogP contribution in [0.25, 0.3) is 0 Å². The van der Waals surface area contributed by atoms with Crippen molar-refractivity contribution < 1.29 is 29.6 Å². The third-order valence-electron chi connectivity index (χ3n) is 2.63. The molecule has 0 fully saturated rings. The third-order valence-corrected chi connectivity index (χ3v) is 2.63. The SMILES string of the molecule is COc1cccc(C(=O)NCC(C)(O)CC(=O)O)c1O. The van der Waals surface area contributed by atoms with Gasteiger partial charge in [0.25, 0.3) is 5.91 Å². The number of rotatable bonds is 6. The summed E-state index contributed by atoms with van der Waals surface area (Å²) in [6.07, 6.45) is -0.503. The second-order valence-corrected chi connectivity index (χ2v) is 4.61. The number of phenolic OH excluding ortho intramolecular Hbond substituents is 1. The maximum Gasteiger partial charge on any atom is 0.306 e. The van der Waals surface area contributed by atoms with E-state index in [1.807, 2.05) is 0 Å². The lowest BCUT2D eigenvalue weighted by Gasteiger charge is -2.21. The number of ether oxygens (including phenoxy) is 1. The zero-order chi connectivity index (χ0) is 15.3. The number of aliphatic hydroxyl groups is 1. The van der Waals surface area contributed by atoms with Crippen LogP contribution in [0.3, 0.4) is 0 Å². The number of benzene rings is 1. The average molecular weight is 283 g/mol. The summed E-state index contributed by atoms with van der Waals surface area (Å²) in [6, 6.07) is 4.41. The van der Waals surface area contributed by atoms with E-state index in [0.717, 1.165) is 0 Å². The minimum atomic E-state index is -1.57. The first-order valence-electron chi connectivity index (χ1n) is 5.85. The van der Waals surface area contributed by atoms with Crippen LogP contribution in [0, 0.1) is 0 Å². The second kappa shape index (κ2) is 6.25. The molecule has 20 heavy (non-hydrogen) atoms. The Bertz CT molecular complexity index is 512. The van der Waals surface area contributed by atoms with E-state index in [9.17, 15) is 19.8 Å². The fourth-order valence-corrected chi connectivity index (χ4v) is 1.62. The number of aromatic hydroxyl groups is 1. The van der Waals surface area contributed by atoms with E-state index in [2.05, 4.69) is 5.32 Å². The molecule has 0 heterocycles. The maximum absolute atomic E-state index is 11.9. The number of hydrogen-bond acceptors (Lipinski definition) is 5. The molecule has 1 aromatic carbocycles. The van der Waals surface area contributed by atoms with Crippen LogP contribution in [0.15, 0.2) is 18.2 Å². The van der Waals surface area contributed by atoms with Crippen LogP contribution in [0.4, 0.5) is 0 Å². The number of para-hydroxylation sites is 1. The van der Waals surface area contributed by atoms with Crippen molar-refractivity contribution in [3.05, 3.63) is 23.8 Å². The maximum atomic E-state index is 11.9. The molecule has 1 amide bonds. The van der Waals surface area contributed by atoms with Crippen molar-refractivity contribution in [2.24, 2.45) is 0 Å². The Morgan fingerprint density at radius 2 is 2.05 bits per heavy atom. The lowest BCUT2D eigenvalue weighted by molar-refractivity contribution is -0.141. The lowest BCUT2D eigenvalue weighted by Crippen LogP contribution is -2.42. The van der Waals surface area contributed by atoms with Crippen molar-refractivity contribution in [1.29, 1.82) is 0 Å². The molecule has 0 aliphatic rings. The monoisotopic (exact) mass is 283 g/mol. The van der Waals surface area contributed by atoms with Crippen LogP contribution >= 0.6 is 0 Å². The Morgan fingerprint density at radius 3 is 2.60 bits per heavy atom. The van der Waals surface area contributed by atoms with Crippen LogP contribution in [-0.4, -0.2) is 46.5 Å². The van der Waals surface area contributed by atoms with Gasteiger partial charge in [0.05, 0.1) is 24.7 Å². The van der Waals surface area contributed by atoms with Gasteiger partial charge in [-0.05, 0) is 19.1 Å². The summed E-state index contributed by atoms with van der Waals surface area (Å²) in [5, 5.41) is 30.5. The topological polar surface area (TPSA) is 116 Å². The molecule has 0 aliphatic heterocycles. The Balaban J connectivity index is 2.75. The molecule has 7 heteroatoms. The van der Waals surface area contributed by atoms with Gasteiger partial charge in [0.2, 0.25) is 0 Å². The number of methoxy groups -OCH3 is 1. The number of carbonyl (C=O) groups excluding carboxylic acids is 1. The van der Waals surface area contributed by atoms with Crippen LogP contribution < -0.4 is 10.1 Å². The van der Waals surface area contributed by atoms with Crippen molar-refractivity contribution in [3.63, 3.8) is 0 Å². The number of nitrogens with one attached hydrogen (secondary N) is 1. The minimum absolute atomic E-state index is 0.0181. The predicted octanol–water partition coefficient (Wildman–Crippen LogP) is 0.356. The normalized spacial score (nSPS) is 13.3. The first kappa shape index (κ1) is 15.8. The van der Waals surface area contributed by atoms with E-state index >= 15 is 0 Å². The molecule has 1 unspecified atom stereocenters. The highest BCUT2D eigenvalue weighted by atomic mass is 16.5. The highest BCUT2D eigenvalue weighted by molar-refractivity contribution is 5.97. The average Bonchev–Trinajstić information content (AvgIpc) is 2.35. The van der Waals surface area contributed by atoms with Gasteiger partial charge in [-0.25, -0.2) is 0 Å². The van der Waals surface area contributed by atoms with E-state index in [0.29, 0.717) is 0 Å². The van der Waals surface area contributed by atoms with E-state index < -0.39 is 23.9 Å². The largest absolute Gasteiger partial charge is 0.504 e. The molecule has 0 saturated heterocycles. The van der Waals surface area contributed by atoms with Gasteiger partial charge in [-0.2, -0.15) is 0 Å². The van der Waals surface area contributed by atoms with Crippen molar-refractivity contribution in [1.82, 2.24) is 5.32 Å². The zero-order valence-electron chi connectivity index (χ0n) is 11.2. The van der Waals surface area contributed by atoms with Gasteiger partial charge in [0.1, 0.15) is 0 Å².